The molecule has 0 saturated heterocycles. The van der Waals surface area contributed by atoms with Gasteiger partial charge in [-0.2, -0.15) is 4.52 Å². The van der Waals surface area contributed by atoms with Gasteiger partial charge in [0.2, 0.25) is 0 Å². The Kier molecular flexibility index (Phi) is 7.70. The lowest BCUT2D eigenvalue weighted by Gasteiger charge is -2.12. The Morgan fingerprint density at radius 1 is 0.379 bits per heavy atom. The van der Waals surface area contributed by atoms with E-state index in [2.05, 4.69) is 89.5 Å². The quantitative estimate of drug-likeness (QED) is 0.161. The van der Waals surface area contributed by atoms with Crippen LogP contribution >= 0.6 is 11.3 Å². The molecule has 0 aliphatic carbocycles. The van der Waals surface area contributed by atoms with Crippen LogP contribution in [0.1, 0.15) is 0 Å². The Hall–Kier alpha value is -8.79. The number of hydrogen-bond acceptors (Lipinski definition) is 6. The van der Waals surface area contributed by atoms with E-state index in [1.807, 2.05) is 114 Å². The lowest BCUT2D eigenvalue weighted by atomic mass is 9.92. The van der Waals surface area contributed by atoms with Crippen molar-refractivity contribution in [3.8, 4) is 51.0 Å². The van der Waals surface area contributed by atoms with Gasteiger partial charge in [-0.25, -0.2) is 19.5 Å². The molecule has 0 radical (unpaired) electrons. The molecule has 0 N–H and O–H groups in total. The van der Waals surface area contributed by atoms with Crippen molar-refractivity contribution >= 4 is 85.9 Å². The minimum absolute atomic E-state index is 0.325. The van der Waals surface area contributed by atoms with Crippen molar-refractivity contribution in [1.29, 1.82) is 0 Å². The molecule has 0 spiro atoms. The maximum Gasteiger partial charge on any atom is 0.292 e. The van der Waals surface area contributed by atoms with Crippen LogP contribution in [0.15, 0.2) is 204 Å². The first-order chi connectivity index (χ1) is 32.6. The molecule has 0 fully saturated rings. The highest BCUT2D eigenvalue weighted by molar-refractivity contribution is 7.25. The maximum atomic E-state index is 14.6. The molecule has 0 aliphatic rings. The summed E-state index contributed by atoms with van der Waals surface area (Å²) in [6, 6.07) is 66.1. The van der Waals surface area contributed by atoms with E-state index >= 15 is 0 Å². The summed E-state index contributed by atoms with van der Waals surface area (Å²) in [4.78, 5) is 44.1. The molecule has 0 amide bonds. The lowest BCUT2D eigenvalue weighted by molar-refractivity contribution is 0.828. The molecule has 0 saturated carbocycles. The second kappa shape index (κ2) is 13.9. The Balaban J connectivity index is 0.972. The van der Waals surface area contributed by atoms with Crippen LogP contribution in [0.25, 0.3) is 126 Å². The van der Waals surface area contributed by atoms with Gasteiger partial charge in [-0.3, -0.25) is 14.2 Å². The van der Waals surface area contributed by atoms with E-state index in [1.165, 1.54) is 48.2 Å². The number of nitrogens with zero attached hydrogens (tertiary/aromatic N) is 6. The zero-order chi connectivity index (χ0) is 43.6. The first kappa shape index (κ1) is 36.7. The smallest absolute Gasteiger partial charge is 0.292 e. The molecule has 66 heavy (non-hydrogen) atoms. The van der Waals surface area contributed by atoms with Gasteiger partial charge in [0.1, 0.15) is 4.70 Å². The molecule has 0 aliphatic heterocycles. The fourth-order valence-corrected chi connectivity index (χ4v) is 11.2. The topological polar surface area (TPSA) is 86.6 Å². The molecule has 0 unspecified atom stereocenters. The summed E-state index contributed by atoms with van der Waals surface area (Å²) in [5, 5.41) is 9.50. The summed E-state index contributed by atoms with van der Waals surface area (Å²) in [7, 11) is 0. The van der Waals surface area contributed by atoms with Crippen LogP contribution in [0.4, 0.5) is 0 Å². The van der Waals surface area contributed by atoms with Crippen LogP contribution < -0.4 is 11.1 Å². The summed E-state index contributed by atoms with van der Waals surface area (Å²) in [5.74, 6) is 1.65. The second-order valence-electron chi connectivity index (χ2n) is 16.7. The maximum absolute atomic E-state index is 14.6. The van der Waals surface area contributed by atoms with Crippen molar-refractivity contribution in [1.82, 2.24) is 28.5 Å². The van der Waals surface area contributed by atoms with E-state index in [9.17, 15) is 9.59 Å². The van der Waals surface area contributed by atoms with Crippen LogP contribution in [-0.4, -0.2) is 28.5 Å². The molecule has 5 heterocycles. The second-order valence-corrected chi connectivity index (χ2v) is 17.8. The van der Waals surface area contributed by atoms with Gasteiger partial charge in [-0.05, 0) is 73.8 Å². The fraction of sp³-hybridized carbons (Fsp3) is 0. The van der Waals surface area contributed by atoms with Gasteiger partial charge in [0.25, 0.3) is 11.1 Å². The summed E-state index contributed by atoms with van der Waals surface area (Å²) in [6.45, 7) is 0. The molecule has 0 bridgehead atoms. The third-order valence-corrected chi connectivity index (χ3v) is 14.2. The predicted molar refractivity (Wildman–Crippen MR) is 269 cm³/mol. The van der Waals surface area contributed by atoms with Gasteiger partial charge in [-0.1, -0.05) is 164 Å². The normalized spacial score (nSPS) is 12.1. The van der Waals surface area contributed by atoms with Crippen LogP contribution in [0.3, 0.4) is 0 Å². The minimum Gasteiger partial charge on any atom is -0.294 e. The molecule has 5 aromatic heterocycles. The number of fused-ring (bicyclic) bond motifs is 15. The zero-order valence-electron chi connectivity index (χ0n) is 34.9. The summed E-state index contributed by atoms with van der Waals surface area (Å²) < 4.78 is 6.76. The molecular weight excluding hydrogens is 833 g/mol. The highest BCUT2D eigenvalue weighted by atomic mass is 32.1. The van der Waals surface area contributed by atoms with E-state index in [4.69, 9.17) is 15.0 Å². The highest BCUT2D eigenvalue weighted by Crippen LogP contribution is 2.41. The molecule has 9 heteroatoms. The van der Waals surface area contributed by atoms with Crippen LogP contribution in [0.2, 0.25) is 0 Å². The third-order valence-electron chi connectivity index (χ3n) is 13.1. The highest BCUT2D eigenvalue weighted by Gasteiger charge is 2.27. The Morgan fingerprint density at radius 2 is 0.894 bits per heavy atom. The number of para-hydroxylation sites is 1. The minimum atomic E-state index is -0.345. The Morgan fingerprint density at radius 3 is 1.55 bits per heavy atom. The Bertz CT molecular complexity index is 4360. The molecule has 8 nitrogen and oxygen atoms in total. The largest absolute Gasteiger partial charge is 0.294 e. The van der Waals surface area contributed by atoms with Crippen molar-refractivity contribution in [3.63, 3.8) is 0 Å². The fourth-order valence-electron chi connectivity index (χ4n) is 10.1. The standard InChI is InChI=1S/C57H32N6O2S/c64-56-49-44-24-11-12-25-47(44)61(38-19-13-18-37(30-38)54-59-52(33-14-3-1-4-15-33)58-53(60-54)34-16-5-2-6-17-34)55(49)62-50-45-29-27-36(32-48(45)66-51(50)57(65)63(56)62)35-26-28-43-41-22-8-7-20-39(41)40-21-9-10-23-42(40)46(43)31-35/h1-32H. The van der Waals surface area contributed by atoms with Crippen molar-refractivity contribution in [2.75, 3.05) is 0 Å². The number of benzene rings is 9. The SMILES string of the molecule is O=c1c2sc3cc(-c4ccc5c6ccccc6c6ccccc6c5c4)ccc3c2n2c3c(c(=O)n12)c1ccccc1n3-c1cccc(-c2nc(-c3ccccc3)nc(-c3ccccc3)n2)c1. The first-order valence-electron chi connectivity index (χ1n) is 21.8. The first-order valence-corrected chi connectivity index (χ1v) is 22.6. The van der Waals surface area contributed by atoms with Crippen molar-refractivity contribution in [2.24, 2.45) is 0 Å². The lowest BCUT2D eigenvalue weighted by Crippen LogP contribution is -2.21. The van der Waals surface area contributed by atoms with Gasteiger partial charge in [0.15, 0.2) is 23.1 Å². The summed E-state index contributed by atoms with van der Waals surface area (Å²) in [6.07, 6.45) is 0. The number of thiophene rings is 1. The molecular formula is C57H32N6O2S. The van der Waals surface area contributed by atoms with Crippen molar-refractivity contribution in [3.05, 3.63) is 215 Å². The van der Waals surface area contributed by atoms with Gasteiger partial charge in [0.05, 0.1) is 16.4 Å². The summed E-state index contributed by atoms with van der Waals surface area (Å²) in [5.41, 5.74) is 6.99. The molecule has 0 atom stereocenters. The van der Waals surface area contributed by atoms with Gasteiger partial charge in [-0.15, -0.1) is 11.3 Å². The van der Waals surface area contributed by atoms with Gasteiger partial charge < -0.3 is 0 Å². The van der Waals surface area contributed by atoms with Crippen LogP contribution in [0.5, 0.6) is 0 Å². The zero-order valence-corrected chi connectivity index (χ0v) is 35.7. The van der Waals surface area contributed by atoms with Crippen LogP contribution in [-0.2, 0) is 0 Å². The van der Waals surface area contributed by atoms with Gasteiger partial charge in [0, 0.05) is 37.9 Å². The van der Waals surface area contributed by atoms with Crippen molar-refractivity contribution in [2.45, 2.75) is 0 Å². The summed E-state index contributed by atoms with van der Waals surface area (Å²) >= 11 is 1.44. The number of aromatic nitrogens is 6. The number of rotatable bonds is 5. The van der Waals surface area contributed by atoms with E-state index in [1.54, 1.807) is 0 Å². The predicted octanol–water partition coefficient (Wildman–Crippen LogP) is 13.0. The van der Waals surface area contributed by atoms with E-state index in [0.29, 0.717) is 38.7 Å². The average Bonchev–Trinajstić information content (AvgIpc) is 4.10. The molecule has 308 valence electrons. The molecule has 9 aromatic carbocycles. The number of hydrogen-bond donors (Lipinski definition) is 0. The van der Waals surface area contributed by atoms with Gasteiger partial charge >= 0.3 is 0 Å². The monoisotopic (exact) mass is 864 g/mol. The van der Waals surface area contributed by atoms with E-state index in [0.717, 1.165) is 54.5 Å². The third kappa shape index (κ3) is 5.23. The average molecular weight is 865 g/mol. The molecule has 14 rings (SSSR count). The Labute approximate surface area is 378 Å². The van der Waals surface area contributed by atoms with Crippen molar-refractivity contribution < 1.29 is 0 Å². The van der Waals surface area contributed by atoms with Crippen LogP contribution in [0, 0.1) is 0 Å². The van der Waals surface area contributed by atoms with E-state index in [-0.39, 0.29) is 11.1 Å². The molecule has 14 aromatic rings. The van der Waals surface area contributed by atoms with E-state index < -0.39 is 0 Å².